The first-order chi connectivity index (χ1) is 15.4. The number of amides is 1. The van der Waals surface area contributed by atoms with Gasteiger partial charge < -0.3 is 14.7 Å². The number of carbonyl (C=O) groups excluding carboxylic acids is 2. The second-order valence-electron chi connectivity index (χ2n) is 7.19. The molecule has 6 nitrogen and oxygen atoms in total. The fourth-order valence-corrected chi connectivity index (χ4v) is 3.69. The zero-order valence-corrected chi connectivity index (χ0v) is 17.0. The monoisotopic (exact) mass is 436 g/mol. The first-order valence-corrected chi connectivity index (χ1v) is 9.67. The van der Waals surface area contributed by atoms with Crippen molar-refractivity contribution in [2.45, 2.75) is 12.6 Å². The Labute approximate surface area is 182 Å². The predicted octanol–water partition coefficient (Wildman–Crippen LogP) is 3.99. The fraction of sp³-hybridized carbons (Fsp3) is 0.125. The molecule has 1 fully saturated rings. The standard InChI is InChI=1S/C24H18F2N2O4/c1-32-19-9-6-16(11-18(19)26)22(29)20-21(15-4-7-17(25)8-5-15)28(24(31)23(20)30)13-14-3-2-10-27-12-14/h2-12,21,29H,13H2,1H3. The second kappa shape index (κ2) is 8.58. The van der Waals surface area contributed by atoms with Crippen LogP contribution in [0, 0.1) is 11.6 Å². The maximum Gasteiger partial charge on any atom is 0.295 e. The molecule has 32 heavy (non-hydrogen) atoms. The number of aliphatic hydroxyl groups is 1. The van der Waals surface area contributed by atoms with Gasteiger partial charge in [-0.05, 0) is 47.5 Å². The first kappa shape index (κ1) is 21.2. The fourth-order valence-electron chi connectivity index (χ4n) is 3.69. The van der Waals surface area contributed by atoms with Crippen molar-refractivity contribution in [3.63, 3.8) is 0 Å². The molecule has 1 atom stereocenters. The molecule has 0 aliphatic carbocycles. The number of carbonyl (C=O) groups is 2. The van der Waals surface area contributed by atoms with Crippen LogP contribution in [0.4, 0.5) is 8.78 Å². The van der Waals surface area contributed by atoms with Gasteiger partial charge in [0.15, 0.2) is 11.6 Å². The largest absolute Gasteiger partial charge is 0.507 e. The van der Waals surface area contributed by atoms with Crippen LogP contribution >= 0.6 is 0 Å². The summed E-state index contributed by atoms with van der Waals surface area (Å²) in [4.78, 5) is 31.2. The lowest BCUT2D eigenvalue weighted by Gasteiger charge is -2.25. The molecule has 0 radical (unpaired) electrons. The van der Waals surface area contributed by atoms with Gasteiger partial charge in [0.2, 0.25) is 0 Å². The smallest absolute Gasteiger partial charge is 0.295 e. The summed E-state index contributed by atoms with van der Waals surface area (Å²) in [6.07, 6.45) is 3.13. The van der Waals surface area contributed by atoms with Crippen LogP contribution in [0.5, 0.6) is 5.75 Å². The number of methoxy groups -OCH3 is 1. The molecule has 1 aromatic heterocycles. The number of pyridine rings is 1. The quantitative estimate of drug-likeness (QED) is 0.372. The molecule has 162 valence electrons. The van der Waals surface area contributed by atoms with Gasteiger partial charge in [0.25, 0.3) is 11.7 Å². The van der Waals surface area contributed by atoms with Gasteiger partial charge in [-0.2, -0.15) is 0 Å². The van der Waals surface area contributed by atoms with Crippen molar-refractivity contribution in [1.29, 1.82) is 0 Å². The lowest BCUT2D eigenvalue weighted by atomic mass is 9.95. The van der Waals surface area contributed by atoms with Crippen LogP contribution in [-0.2, 0) is 16.1 Å². The first-order valence-electron chi connectivity index (χ1n) is 9.67. The van der Waals surface area contributed by atoms with E-state index in [9.17, 15) is 23.5 Å². The molecule has 1 aliphatic heterocycles. The molecule has 1 aliphatic rings. The number of nitrogens with zero attached hydrogens (tertiary/aromatic N) is 2. The van der Waals surface area contributed by atoms with Crippen molar-refractivity contribution in [3.05, 3.63) is 101 Å². The average molecular weight is 436 g/mol. The Kier molecular flexibility index (Phi) is 5.68. The molecular weight excluding hydrogens is 418 g/mol. The highest BCUT2D eigenvalue weighted by Crippen LogP contribution is 2.40. The number of halogens is 2. The maximum atomic E-state index is 14.2. The van der Waals surface area contributed by atoms with E-state index in [4.69, 9.17) is 4.74 Å². The molecule has 1 N–H and O–H groups in total. The lowest BCUT2D eigenvalue weighted by Crippen LogP contribution is -2.29. The molecule has 0 spiro atoms. The minimum atomic E-state index is -0.999. The number of aromatic nitrogens is 1. The van der Waals surface area contributed by atoms with Crippen molar-refractivity contribution >= 4 is 17.4 Å². The molecule has 2 heterocycles. The highest BCUT2D eigenvalue weighted by molar-refractivity contribution is 6.46. The number of benzene rings is 2. The number of ketones is 1. The summed E-state index contributed by atoms with van der Waals surface area (Å²) >= 11 is 0. The third kappa shape index (κ3) is 3.82. The SMILES string of the molecule is COc1ccc(C(O)=C2C(=O)C(=O)N(Cc3cccnc3)C2c2ccc(F)cc2)cc1F. The number of ether oxygens (including phenoxy) is 1. The van der Waals surface area contributed by atoms with E-state index >= 15 is 0 Å². The highest BCUT2D eigenvalue weighted by Gasteiger charge is 2.46. The minimum absolute atomic E-state index is 0.00906. The van der Waals surface area contributed by atoms with Gasteiger partial charge in [0.05, 0.1) is 18.7 Å². The van der Waals surface area contributed by atoms with E-state index in [0.717, 1.165) is 6.07 Å². The number of likely N-dealkylation sites (tertiary alicyclic amines) is 1. The summed E-state index contributed by atoms with van der Waals surface area (Å²) in [5.74, 6) is -3.55. The van der Waals surface area contributed by atoms with E-state index in [0.29, 0.717) is 11.1 Å². The highest BCUT2D eigenvalue weighted by atomic mass is 19.1. The number of rotatable bonds is 5. The van der Waals surface area contributed by atoms with E-state index in [1.807, 2.05) is 0 Å². The summed E-state index contributed by atoms with van der Waals surface area (Å²) in [6, 6.07) is 11.4. The second-order valence-corrected chi connectivity index (χ2v) is 7.19. The molecule has 0 bridgehead atoms. The average Bonchev–Trinajstić information content (AvgIpc) is 3.04. The Morgan fingerprint density at radius 3 is 2.50 bits per heavy atom. The zero-order valence-electron chi connectivity index (χ0n) is 17.0. The van der Waals surface area contributed by atoms with Crippen LogP contribution in [-0.4, -0.2) is 33.8 Å². The van der Waals surface area contributed by atoms with Crippen LogP contribution in [0.25, 0.3) is 5.76 Å². The lowest BCUT2D eigenvalue weighted by molar-refractivity contribution is -0.140. The van der Waals surface area contributed by atoms with Crippen molar-refractivity contribution in [1.82, 2.24) is 9.88 Å². The molecule has 1 unspecified atom stereocenters. The molecule has 0 saturated carbocycles. The van der Waals surface area contributed by atoms with Crippen LogP contribution in [0.2, 0.25) is 0 Å². The Morgan fingerprint density at radius 2 is 1.88 bits per heavy atom. The summed E-state index contributed by atoms with van der Waals surface area (Å²) in [5.41, 5.74) is 0.881. The third-order valence-corrected chi connectivity index (χ3v) is 5.23. The molecule has 4 rings (SSSR count). The van der Waals surface area contributed by atoms with E-state index in [1.54, 1.807) is 24.5 Å². The van der Waals surface area contributed by atoms with Crippen LogP contribution in [0.1, 0.15) is 22.7 Å². The summed E-state index contributed by atoms with van der Waals surface area (Å²) < 4.78 is 32.7. The summed E-state index contributed by atoms with van der Waals surface area (Å²) in [5, 5.41) is 11.0. The maximum absolute atomic E-state index is 14.2. The number of hydrogen-bond acceptors (Lipinski definition) is 5. The van der Waals surface area contributed by atoms with E-state index in [-0.39, 0.29) is 23.4 Å². The molecule has 1 saturated heterocycles. The molecule has 2 aromatic carbocycles. The van der Waals surface area contributed by atoms with Crippen molar-refractivity contribution in [2.24, 2.45) is 0 Å². The molecule has 3 aromatic rings. The topological polar surface area (TPSA) is 79.7 Å². The van der Waals surface area contributed by atoms with E-state index in [1.165, 1.54) is 48.4 Å². The third-order valence-electron chi connectivity index (χ3n) is 5.23. The normalized spacial score (nSPS) is 17.6. The molecule has 1 amide bonds. The van der Waals surface area contributed by atoms with Crippen molar-refractivity contribution in [2.75, 3.05) is 7.11 Å². The number of Topliss-reactive ketones (excluding diaryl/α,β-unsaturated/α-hetero) is 1. The van der Waals surface area contributed by atoms with E-state index in [2.05, 4.69) is 4.98 Å². The summed E-state index contributed by atoms with van der Waals surface area (Å²) in [7, 11) is 1.30. The Bertz CT molecular complexity index is 1210. The molecule has 8 heteroatoms. The van der Waals surface area contributed by atoms with Crippen molar-refractivity contribution < 1.29 is 28.2 Å². The summed E-state index contributed by atoms with van der Waals surface area (Å²) in [6.45, 7) is 0.0359. The number of aliphatic hydroxyl groups excluding tert-OH is 1. The Balaban J connectivity index is 1.86. The van der Waals surface area contributed by atoms with Gasteiger partial charge in [-0.15, -0.1) is 0 Å². The van der Waals surface area contributed by atoms with Crippen molar-refractivity contribution in [3.8, 4) is 5.75 Å². The van der Waals surface area contributed by atoms with Crippen LogP contribution < -0.4 is 4.74 Å². The zero-order chi connectivity index (χ0) is 22.8. The van der Waals surface area contributed by atoms with Gasteiger partial charge in [0.1, 0.15) is 11.6 Å². The van der Waals surface area contributed by atoms with Crippen LogP contribution in [0.3, 0.4) is 0 Å². The predicted molar refractivity (Wildman–Crippen MR) is 111 cm³/mol. The van der Waals surface area contributed by atoms with Gasteiger partial charge in [-0.3, -0.25) is 14.6 Å². The van der Waals surface area contributed by atoms with Gasteiger partial charge in [-0.25, -0.2) is 8.78 Å². The van der Waals surface area contributed by atoms with Crippen LogP contribution in [0.15, 0.2) is 72.6 Å². The Morgan fingerprint density at radius 1 is 1.12 bits per heavy atom. The Hall–Kier alpha value is -4.07. The van der Waals surface area contributed by atoms with E-state index < -0.39 is 35.1 Å². The van der Waals surface area contributed by atoms with Gasteiger partial charge in [-0.1, -0.05) is 18.2 Å². The van der Waals surface area contributed by atoms with Gasteiger partial charge in [0, 0.05) is 24.5 Å². The number of hydrogen-bond donors (Lipinski definition) is 1. The molecular formula is C24H18F2N2O4. The van der Waals surface area contributed by atoms with Gasteiger partial charge >= 0.3 is 0 Å². The minimum Gasteiger partial charge on any atom is -0.507 e.